The Morgan fingerprint density at radius 1 is 0.429 bits per heavy atom. The van der Waals surface area contributed by atoms with E-state index in [0.717, 1.165) is 17.8 Å². The van der Waals surface area contributed by atoms with E-state index in [1.165, 1.54) is 77.9 Å². The zero-order valence-electron chi connectivity index (χ0n) is 31.8. The number of fused-ring (bicyclic) bond motifs is 9. The van der Waals surface area contributed by atoms with Crippen molar-refractivity contribution in [3.05, 3.63) is 251 Å². The van der Waals surface area contributed by atoms with Gasteiger partial charge in [0.15, 0.2) is 0 Å². The quantitative estimate of drug-likeness (QED) is 0.173. The van der Waals surface area contributed by atoms with Gasteiger partial charge in [-0.15, -0.1) is 0 Å². The summed E-state index contributed by atoms with van der Waals surface area (Å²) in [6.45, 7) is 4.77. The molecule has 1 nitrogen and oxygen atoms in total. The van der Waals surface area contributed by atoms with Crippen LogP contribution in [-0.4, -0.2) is 0 Å². The third-order valence-corrected chi connectivity index (χ3v) is 12.2. The van der Waals surface area contributed by atoms with Gasteiger partial charge in [0.1, 0.15) is 0 Å². The first-order chi connectivity index (χ1) is 27.5. The average Bonchev–Trinajstić information content (AvgIpc) is 3.55. The van der Waals surface area contributed by atoms with Crippen molar-refractivity contribution in [1.82, 2.24) is 0 Å². The van der Waals surface area contributed by atoms with Crippen LogP contribution in [0.2, 0.25) is 0 Å². The lowest BCUT2D eigenvalue weighted by atomic mass is 9.55. The maximum Gasteiger partial charge on any atom is 0.0719 e. The number of allylic oxidation sites excluding steroid dienone is 1. The molecule has 0 saturated heterocycles. The van der Waals surface area contributed by atoms with Gasteiger partial charge in [0.2, 0.25) is 0 Å². The van der Waals surface area contributed by atoms with Crippen molar-refractivity contribution >= 4 is 11.4 Å². The van der Waals surface area contributed by atoms with Crippen LogP contribution >= 0.6 is 0 Å². The molecule has 1 heteroatoms. The van der Waals surface area contributed by atoms with Gasteiger partial charge in [0.05, 0.1) is 5.41 Å². The summed E-state index contributed by atoms with van der Waals surface area (Å²) in [6.07, 6.45) is 3.14. The molecule has 0 unspecified atom stereocenters. The molecule has 8 aromatic rings. The van der Waals surface area contributed by atoms with Crippen molar-refractivity contribution < 1.29 is 0 Å². The topological polar surface area (TPSA) is 12.0 Å². The van der Waals surface area contributed by atoms with Crippen LogP contribution < -0.4 is 5.32 Å². The molecule has 0 fully saturated rings. The van der Waals surface area contributed by atoms with Gasteiger partial charge in [-0.25, -0.2) is 0 Å². The van der Waals surface area contributed by atoms with Gasteiger partial charge < -0.3 is 5.32 Å². The van der Waals surface area contributed by atoms with E-state index in [9.17, 15) is 0 Å². The third-order valence-electron chi connectivity index (χ3n) is 12.2. The predicted molar refractivity (Wildman–Crippen MR) is 235 cm³/mol. The molecule has 0 bridgehead atoms. The Morgan fingerprint density at radius 3 is 1.52 bits per heavy atom. The van der Waals surface area contributed by atoms with Crippen molar-refractivity contribution in [2.75, 3.05) is 5.32 Å². The van der Waals surface area contributed by atoms with E-state index in [1.54, 1.807) is 0 Å². The fourth-order valence-corrected chi connectivity index (χ4v) is 9.49. The second-order valence-corrected chi connectivity index (χ2v) is 15.7. The largest absolute Gasteiger partial charge is 0.355 e. The molecule has 0 aromatic heterocycles. The van der Waals surface area contributed by atoms with E-state index < -0.39 is 5.41 Å². The Kier molecular flexibility index (Phi) is 8.19. The smallest absolute Gasteiger partial charge is 0.0719 e. The lowest BCUT2D eigenvalue weighted by Gasteiger charge is -2.46. The average molecular weight is 718 g/mol. The summed E-state index contributed by atoms with van der Waals surface area (Å²) in [5.41, 5.74) is 20.0. The number of nitrogens with one attached hydrogen (secondary N) is 1. The second kappa shape index (κ2) is 13.6. The second-order valence-electron chi connectivity index (χ2n) is 15.7. The van der Waals surface area contributed by atoms with Crippen LogP contribution in [0.25, 0.3) is 39.1 Å². The van der Waals surface area contributed by atoms with Gasteiger partial charge in [-0.05, 0) is 103 Å². The Balaban J connectivity index is 0.983. The normalized spacial score (nSPS) is 14.4. The molecule has 1 N–H and O–H groups in total. The first kappa shape index (κ1) is 33.8. The third kappa shape index (κ3) is 5.46. The lowest BCUT2D eigenvalue weighted by molar-refractivity contribution is 0.563. The predicted octanol–water partition coefficient (Wildman–Crippen LogP) is 13.7. The molecule has 268 valence electrons. The standard InChI is InChI=1S/C55H43N/c1-54(2)48-21-11-13-23-50(48)55(51-24-14-12-22-49(51)54)47-20-10-9-19-45(47)46-35-32-43(37-52(46)55)41-28-26-39(27-29-41)40-30-33-44(34-31-40)56-53(42-17-7-4-8-18-42)36-25-38-15-5-3-6-16-38/h3-24,26-37,56H,25H2,1-2H3/b53-36-. The van der Waals surface area contributed by atoms with Crippen LogP contribution in [0.4, 0.5) is 5.69 Å². The van der Waals surface area contributed by atoms with Gasteiger partial charge in [0, 0.05) is 16.8 Å². The van der Waals surface area contributed by atoms with E-state index in [4.69, 9.17) is 0 Å². The Morgan fingerprint density at radius 2 is 0.893 bits per heavy atom. The highest BCUT2D eigenvalue weighted by Gasteiger charge is 2.53. The summed E-state index contributed by atoms with van der Waals surface area (Å²) in [6, 6.07) is 73.6. The minimum atomic E-state index is -0.391. The van der Waals surface area contributed by atoms with E-state index in [2.05, 4.69) is 225 Å². The molecule has 2 aliphatic carbocycles. The molecule has 8 aromatic carbocycles. The number of anilines is 1. The lowest BCUT2D eigenvalue weighted by Crippen LogP contribution is -2.40. The Hall–Kier alpha value is -6.70. The summed E-state index contributed by atoms with van der Waals surface area (Å²) >= 11 is 0. The summed E-state index contributed by atoms with van der Waals surface area (Å²) in [5, 5.41) is 3.70. The summed E-state index contributed by atoms with van der Waals surface area (Å²) in [5.74, 6) is 0. The molecule has 10 rings (SSSR count). The maximum absolute atomic E-state index is 3.70. The zero-order valence-corrected chi connectivity index (χ0v) is 31.8. The van der Waals surface area contributed by atoms with Gasteiger partial charge in [0.25, 0.3) is 0 Å². The monoisotopic (exact) mass is 717 g/mol. The van der Waals surface area contributed by atoms with Crippen molar-refractivity contribution in [1.29, 1.82) is 0 Å². The molecule has 0 heterocycles. The van der Waals surface area contributed by atoms with E-state index >= 15 is 0 Å². The number of hydrogen-bond donors (Lipinski definition) is 1. The molecule has 1 spiro atoms. The molecule has 0 aliphatic heterocycles. The van der Waals surface area contributed by atoms with Crippen LogP contribution in [-0.2, 0) is 17.3 Å². The first-order valence-corrected chi connectivity index (χ1v) is 19.7. The maximum atomic E-state index is 3.70. The van der Waals surface area contributed by atoms with Gasteiger partial charge in [-0.3, -0.25) is 0 Å². The highest BCUT2D eigenvalue weighted by molar-refractivity contribution is 5.90. The molecular formula is C55H43N. The molecular weight excluding hydrogens is 675 g/mol. The Bertz CT molecular complexity index is 2690. The minimum absolute atomic E-state index is 0.110. The molecule has 56 heavy (non-hydrogen) atoms. The molecule has 2 aliphatic rings. The number of hydrogen-bond acceptors (Lipinski definition) is 1. The summed E-state index contributed by atoms with van der Waals surface area (Å²) in [4.78, 5) is 0. The Labute approximate surface area is 330 Å². The molecule has 0 saturated carbocycles. The summed E-state index contributed by atoms with van der Waals surface area (Å²) in [7, 11) is 0. The fourth-order valence-electron chi connectivity index (χ4n) is 9.49. The minimum Gasteiger partial charge on any atom is -0.355 e. The van der Waals surface area contributed by atoms with Crippen molar-refractivity contribution in [3.8, 4) is 33.4 Å². The van der Waals surface area contributed by atoms with Crippen LogP contribution in [0.3, 0.4) is 0 Å². The van der Waals surface area contributed by atoms with E-state index in [1.807, 2.05) is 0 Å². The van der Waals surface area contributed by atoms with Crippen LogP contribution in [0.5, 0.6) is 0 Å². The van der Waals surface area contributed by atoms with Crippen LogP contribution in [0.15, 0.2) is 206 Å². The highest BCUT2D eigenvalue weighted by Crippen LogP contribution is 2.62. The summed E-state index contributed by atoms with van der Waals surface area (Å²) < 4.78 is 0. The van der Waals surface area contributed by atoms with Crippen molar-refractivity contribution in [3.63, 3.8) is 0 Å². The van der Waals surface area contributed by atoms with Gasteiger partial charge in [-0.2, -0.15) is 0 Å². The number of benzene rings is 8. The van der Waals surface area contributed by atoms with Crippen LogP contribution in [0, 0.1) is 0 Å². The van der Waals surface area contributed by atoms with Gasteiger partial charge in [-0.1, -0.05) is 202 Å². The fraction of sp³-hybridized carbons (Fsp3) is 0.0909. The molecule has 0 amide bonds. The highest BCUT2D eigenvalue weighted by atomic mass is 14.9. The molecule has 0 atom stereocenters. The number of rotatable bonds is 7. The van der Waals surface area contributed by atoms with Crippen molar-refractivity contribution in [2.45, 2.75) is 31.1 Å². The van der Waals surface area contributed by atoms with Crippen LogP contribution in [0.1, 0.15) is 58.4 Å². The zero-order chi connectivity index (χ0) is 37.7. The van der Waals surface area contributed by atoms with E-state index in [-0.39, 0.29) is 5.41 Å². The SMILES string of the molecule is CC1(C)c2ccccc2C2(c3ccccc3-c3ccc(-c4ccc(-c5ccc(N/C(=C\Cc6ccccc6)c6ccccc6)cc5)cc4)cc32)c2ccccc21. The van der Waals surface area contributed by atoms with Gasteiger partial charge >= 0.3 is 0 Å². The van der Waals surface area contributed by atoms with Crippen molar-refractivity contribution in [2.24, 2.45) is 0 Å². The first-order valence-electron chi connectivity index (χ1n) is 19.7. The van der Waals surface area contributed by atoms with E-state index in [0.29, 0.717) is 0 Å². The molecule has 0 radical (unpaired) electrons.